The van der Waals surface area contributed by atoms with Crippen molar-refractivity contribution >= 4 is 23.5 Å². The third-order valence-corrected chi connectivity index (χ3v) is 2.76. The lowest BCUT2D eigenvalue weighted by atomic mass is 10.1. The number of anilines is 1. The fourth-order valence-electron chi connectivity index (χ4n) is 1.75. The Morgan fingerprint density at radius 3 is 2.68 bits per heavy atom. The van der Waals surface area contributed by atoms with Crippen molar-refractivity contribution in [1.29, 1.82) is 0 Å². The zero-order valence-corrected chi connectivity index (χ0v) is 10.1. The first-order valence-electron chi connectivity index (χ1n) is 5.77. The molecule has 0 saturated carbocycles. The molecule has 1 aliphatic heterocycles. The second-order valence-corrected chi connectivity index (χ2v) is 4.19. The van der Waals surface area contributed by atoms with Gasteiger partial charge in [-0.25, -0.2) is 4.79 Å². The molecule has 4 amide bonds. The van der Waals surface area contributed by atoms with Crippen LogP contribution in [0.3, 0.4) is 0 Å². The third kappa shape index (κ3) is 3.21. The molecule has 1 heterocycles. The molecule has 1 aromatic carbocycles. The van der Waals surface area contributed by atoms with Gasteiger partial charge in [0.1, 0.15) is 6.04 Å². The van der Waals surface area contributed by atoms with Crippen LogP contribution in [0.5, 0.6) is 0 Å². The molecular weight excluding hydrogens is 248 g/mol. The summed E-state index contributed by atoms with van der Waals surface area (Å²) in [6.45, 7) is 0.450. The normalized spacial score (nSPS) is 17.1. The molecule has 0 radical (unpaired) electrons. The number of hydrogen-bond acceptors (Lipinski definition) is 3. The number of amides is 4. The highest BCUT2D eigenvalue weighted by molar-refractivity contribution is 5.94. The van der Waals surface area contributed by atoms with Gasteiger partial charge in [0, 0.05) is 12.2 Å². The number of urea groups is 1. The summed E-state index contributed by atoms with van der Waals surface area (Å²) in [5, 5.41) is 7.59. The Morgan fingerprint density at radius 2 is 2.11 bits per heavy atom. The van der Waals surface area contributed by atoms with Crippen LogP contribution < -0.4 is 21.7 Å². The molecular formula is C12H14N4O3. The van der Waals surface area contributed by atoms with Crippen LogP contribution in [0.15, 0.2) is 24.3 Å². The highest BCUT2D eigenvalue weighted by atomic mass is 16.2. The number of benzene rings is 1. The SMILES string of the molecule is NC(=O)Nc1ccccc1CC(=O)NC1CNC1=O. The maximum Gasteiger partial charge on any atom is 0.316 e. The quantitative estimate of drug-likeness (QED) is 0.540. The van der Waals surface area contributed by atoms with Crippen molar-refractivity contribution in [3.63, 3.8) is 0 Å². The van der Waals surface area contributed by atoms with Gasteiger partial charge in [0.05, 0.1) is 6.42 Å². The number of primary amides is 1. The topological polar surface area (TPSA) is 113 Å². The minimum absolute atomic E-state index is 0.0697. The van der Waals surface area contributed by atoms with E-state index in [-0.39, 0.29) is 18.2 Å². The second-order valence-electron chi connectivity index (χ2n) is 4.19. The Bertz CT molecular complexity index is 529. The van der Waals surface area contributed by atoms with Crippen LogP contribution in [-0.4, -0.2) is 30.4 Å². The number of rotatable bonds is 4. The number of nitrogens with two attached hydrogens (primary N) is 1. The highest BCUT2D eigenvalue weighted by Crippen LogP contribution is 2.15. The van der Waals surface area contributed by atoms with Crippen molar-refractivity contribution in [1.82, 2.24) is 10.6 Å². The summed E-state index contributed by atoms with van der Waals surface area (Å²) in [5.74, 6) is -0.463. The predicted molar refractivity (Wildman–Crippen MR) is 68.3 cm³/mol. The molecule has 1 aromatic rings. The van der Waals surface area contributed by atoms with Crippen molar-refractivity contribution in [3.8, 4) is 0 Å². The van der Waals surface area contributed by atoms with Gasteiger partial charge in [0.25, 0.3) is 0 Å². The Morgan fingerprint density at radius 1 is 1.37 bits per heavy atom. The van der Waals surface area contributed by atoms with E-state index in [1.54, 1.807) is 24.3 Å². The van der Waals surface area contributed by atoms with Gasteiger partial charge in [0.2, 0.25) is 11.8 Å². The molecule has 0 spiro atoms. The average Bonchev–Trinajstić information content (AvgIpc) is 2.36. The Hall–Kier alpha value is -2.57. The van der Waals surface area contributed by atoms with Crippen LogP contribution in [0.4, 0.5) is 10.5 Å². The van der Waals surface area contributed by atoms with Crippen molar-refractivity contribution in [3.05, 3.63) is 29.8 Å². The predicted octanol–water partition coefficient (Wildman–Crippen LogP) is -0.666. The molecule has 7 nitrogen and oxygen atoms in total. The molecule has 5 N–H and O–H groups in total. The lowest BCUT2D eigenvalue weighted by Gasteiger charge is -2.26. The number of carbonyl (C=O) groups is 3. The van der Waals surface area contributed by atoms with Gasteiger partial charge in [-0.1, -0.05) is 18.2 Å². The first kappa shape index (κ1) is 12.9. The fourth-order valence-corrected chi connectivity index (χ4v) is 1.75. The van der Waals surface area contributed by atoms with E-state index in [1.165, 1.54) is 0 Å². The molecule has 2 rings (SSSR count). The van der Waals surface area contributed by atoms with Crippen molar-refractivity contribution in [2.45, 2.75) is 12.5 Å². The van der Waals surface area contributed by atoms with E-state index in [9.17, 15) is 14.4 Å². The summed E-state index contributed by atoms with van der Waals surface area (Å²) >= 11 is 0. The van der Waals surface area contributed by atoms with Gasteiger partial charge in [-0.15, -0.1) is 0 Å². The van der Waals surface area contributed by atoms with Crippen LogP contribution in [0.2, 0.25) is 0 Å². The van der Waals surface area contributed by atoms with Gasteiger partial charge in [-0.2, -0.15) is 0 Å². The average molecular weight is 262 g/mol. The molecule has 100 valence electrons. The van der Waals surface area contributed by atoms with Crippen molar-refractivity contribution in [2.24, 2.45) is 5.73 Å². The van der Waals surface area contributed by atoms with E-state index < -0.39 is 12.1 Å². The standard InChI is InChI=1S/C12H14N4O3/c13-12(19)16-8-4-2-1-3-7(8)5-10(17)15-9-6-14-11(9)18/h1-4,9H,5-6H2,(H,14,18)(H,15,17)(H3,13,16,19). The lowest BCUT2D eigenvalue weighted by Crippen LogP contribution is -2.61. The van der Waals surface area contributed by atoms with Crippen LogP contribution in [0.1, 0.15) is 5.56 Å². The first-order chi connectivity index (χ1) is 9.06. The number of nitrogens with one attached hydrogen (secondary N) is 3. The Balaban J connectivity index is 1.99. The molecule has 1 fully saturated rings. The van der Waals surface area contributed by atoms with E-state index in [1.807, 2.05) is 0 Å². The molecule has 1 unspecified atom stereocenters. The van der Waals surface area contributed by atoms with Crippen LogP contribution >= 0.6 is 0 Å². The minimum atomic E-state index is -0.689. The number of para-hydroxylation sites is 1. The smallest absolute Gasteiger partial charge is 0.316 e. The summed E-state index contributed by atoms with van der Waals surface area (Å²) in [6, 6.07) is 5.71. The summed E-state index contributed by atoms with van der Waals surface area (Å²) in [5.41, 5.74) is 6.18. The molecule has 19 heavy (non-hydrogen) atoms. The molecule has 0 bridgehead atoms. The van der Waals surface area contributed by atoms with Gasteiger partial charge < -0.3 is 21.7 Å². The number of hydrogen-bond donors (Lipinski definition) is 4. The fraction of sp³-hybridized carbons (Fsp3) is 0.250. The van der Waals surface area contributed by atoms with Crippen molar-refractivity contribution in [2.75, 3.05) is 11.9 Å². The van der Waals surface area contributed by atoms with Gasteiger partial charge in [-0.3, -0.25) is 9.59 Å². The van der Waals surface area contributed by atoms with Gasteiger partial charge in [0.15, 0.2) is 0 Å². The second kappa shape index (κ2) is 5.38. The van der Waals surface area contributed by atoms with Crippen LogP contribution in [0, 0.1) is 0 Å². The maximum absolute atomic E-state index is 11.8. The third-order valence-electron chi connectivity index (χ3n) is 2.76. The summed E-state index contributed by atoms with van der Waals surface area (Å²) in [4.78, 5) is 33.6. The number of carbonyl (C=O) groups excluding carboxylic acids is 3. The minimum Gasteiger partial charge on any atom is -0.352 e. The highest BCUT2D eigenvalue weighted by Gasteiger charge is 2.28. The molecule has 1 aliphatic rings. The van der Waals surface area contributed by atoms with Gasteiger partial charge >= 0.3 is 6.03 Å². The molecule has 0 aliphatic carbocycles. The molecule has 7 heteroatoms. The first-order valence-corrected chi connectivity index (χ1v) is 5.77. The van der Waals surface area contributed by atoms with E-state index in [0.29, 0.717) is 17.8 Å². The summed E-state index contributed by atoms with van der Waals surface area (Å²) < 4.78 is 0. The molecule has 0 aromatic heterocycles. The van der Waals surface area contributed by atoms with Gasteiger partial charge in [-0.05, 0) is 11.6 Å². The van der Waals surface area contributed by atoms with E-state index >= 15 is 0 Å². The summed E-state index contributed by atoms with van der Waals surface area (Å²) in [6.07, 6.45) is 0.0697. The zero-order chi connectivity index (χ0) is 13.8. The largest absolute Gasteiger partial charge is 0.352 e. The van der Waals surface area contributed by atoms with E-state index in [0.717, 1.165) is 0 Å². The Labute approximate surface area is 109 Å². The van der Waals surface area contributed by atoms with Crippen LogP contribution in [0.25, 0.3) is 0 Å². The molecule has 1 saturated heterocycles. The maximum atomic E-state index is 11.8. The van der Waals surface area contributed by atoms with E-state index in [2.05, 4.69) is 16.0 Å². The lowest BCUT2D eigenvalue weighted by molar-refractivity contribution is -0.133. The number of β-lactam (4-membered cyclic amide) rings is 1. The van der Waals surface area contributed by atoms with E-state index in [4.69, 9.17) is 5.73 Å². The summed E-state index contributed by atoms with van der Waals surface area (Å²) in [7, 11) is 0. The Kier molecular flexibility index (Phi) is 3.65. The van der Waals surface area contributed by atoms with Crippen LogP contribution in [-0.2, 0) is 16.0 Å². The van der Waals surface area contributed by atoms with Crippen molar-refractivity contribution < 1.29 is 14.4 Å². The monoisotopic (exact) mass is 262 g/mol. The molecule has 1 atom stereocenters. The zero-order valence-electron chi connectivity index (χ0n) is 10.1.